The van der Waals surface area contributed by atoms with E-state index in [9.17, 15) is 4.79 Å². The maximum atomic E-state index is 11.4. The number of carbonyl (C=O) groups is 1. The molecule has 0 aromatic heterocycles. The molecule has 0 aromatic carbocycles. The summed E-state index contributed by atoms with van der Waals surface area (Å²) in [6.45, 7) is 0. The first kappa shape index (κ1) is 9.72. The van der Waals surface area contributed by atoms with Crippen molar-refractivity contribution >= 4 is 37.6 Å². The van der Waals surface area contributed by atoms with Gasteiger partial charge in [0, 0.05) is 0 Å². The Hall–Kier alpha value is 0.630. The van der Waals surface area contributed by atoms with Gasteiger partial charge in [0.1, 0.15) is 0 Å². The number of rotatable bonds is 0. The number of hydrogen-bond donors (Lipinski definition) is 0. The highest BCUT2D eigenvalue weighted by Gasteiger charge is 2.23. The largest absolute Gasteiger partial charge is 0.297 e. The monoisotopic (exact) mass is 282 g/mol. The molecule has 11 heavy (non-hydrogen) atoms. The Morgan fingerprint density at radius 2 is 1.45 bits per heavy atom. The second-order valence-electron chi connectivity index (χ2n) is 2.98. The maximum absolute atomic E-state index is 11.4. The lowest BCUT2D eigenvalue weighted by Gasteiger charge is -2.16. The minimum absolute atomic E-state index is 0.0900. The molecule has 0 aromatic rings. The topological polar surface area (TPSA) is 17.1 Å². The molecule has 1 rings (SSSR count). The van der Waals surface area contributed by atoms with Crippen LogP contribution in [0.25, 0.3) is 0 Å². The van der Waals surface area contributed by atoms with Gasteiger partial charge in [-0.05, 0) is 12.8 Å². The molecule has 0 radical (unpaired) electrons. The number of ketones is 1. The van der Waals surface area contributed by atoms with Crippen molar-refractivity contribution in [2.24, 2.45) is 0 Å². The average Bonchev–Trinajstić information content (AvgIpc) is 2.00. The number of hydrogen-bond acceptors (Lipinski definition) is 1. The summed E-state index contributed by atoms with van der Waals surface area (Å²) in [6, 6.07) is 0. The van der Waals surface area contributed by atoms with Crippen molar-refractivity contribution in [3.05, 3.63) is 0 Å². The van der Waals surface area contributed by atoms with E-state index in [1.165, 1.54) is 19.3 Å². The number of Topliss-reactive ketones (excluding diaryl/α,β-unsaturated/α-hetero) is 1. The summed E-state index contributed by atoms with van der Waals surface area (Å²) in [4.78, 5) is 11.6. The van der Waals surface area contributed by atoms with Crippen LogP contribution in [0.5, 0.6) is 0 Å². The highest BCUT2D eigenvalue weighted by Crippen LogP contribution is 2.23. The molecule has 0 heterocycles. The predicted molar refractivity (Wildman–Crippen MR) is 53.5 cm³/mol. The van der Waals surface area contributed by atoms with Crippen LogP contribution in [0, 0.1) is 0 Å². The van der Waals surface area contributed by atoms with Crippen LogP contribution in [0.4, 0.5) is 0 Å². The van der Waals surface area contributed by atoms with Crippen molar-refractivity contribution in [1.29, 1.82) is 0 Å². The summed E-state index contributed by atoms with van der Waals surface area (Å²) in [7, 11) is 0. The van der Waals surface area contributed by atoms with Gasteiger partial charge in [-0.2, -0.15) is 0 Å². The van der Waals surface area contributed by atoms with Crippen LogP contribution in [-0.2, 0) is 4.79 Å². The summed E-state index contributed by atoms with van der Waals surface area (Å²) in [5.41, 5.74) is 0. The van der Waals surface area contributed by atoms with Crippen molar-refractivity contribution < 1.29 is 4.79 Å². The fraction of sp³-hybridized carbons (Fsp3) is 0.875. The van der Waals surface area contributed by atoms with E-state index in [2.05, 4.69) is 31.9 Å². The molecule has 3 heteroatoms. The van der Waals surface area contributed by atoms with Gasteiger partial charge < -0.3 is 0 Å². The Morgan fingerprint density at radius 1 is 1.00 bits per heavy atom. The van der Waals surface area contributed by atoms with Crippen LogP contribution in [0.3, 0.4) is 0 Å². The second kappa shape index (κ2) is 4.61. The number of halogens is 2. The zero-order valence-corrected chi connectivity index (χ0v) is 9.53. The molecule has 1 aliphatic carbocycles. The van der Waals surface area contributed by atoms with Gasteiger partial charge in [-0.1, -0.05) is 51.1 Å². The van der Waals surface area contributed by atoms with E-state index < -0.39 is 0 Å². The molecule has 1 nitrogen and oxygen atoms in total. The quantitative estimate of drug-likeness (QED) is 0.625. The molecular formula is C8H12Br2O. The minimum Gasteiger partial charge on any atom is -0.297 e. The molecule has 0 N–H and O–H groups in total. The van der Waals surface area contributed by atoms with E-state index in [1.54, 1.807) is 0 Å². The van der Waals surface area contributed by atoms with E-state index in [1.807, 2.05) is 0 Å². The first-order valence-corrected chi connectivity index (χ1v) is 5.87. The summed E-state index contributed by atoms with van der Waals surface area (Å²) < 4.78 is 0. The van der Waals surface area contributed by atoms with Gasteiger partial charge in [0.25, 0.3) is 0 Å². The molecule has 1 saturated carbocycles. The molecule has 0 spiro atoms. The van der Waals surface area contributed by atoms with E-state index in [-0.39, 0.29) is 9.65 Å². The lowest BCUT2D eigenvalue weighted by Crippen LogP contribution is -2.25. The highest BCUT2D eigenvalue weighted by atomic mass is 79.9. The Balaban J connectivity index is 2.49. The van der Waals surface area contributed by atoms with Crippen molar-refractivity contribution in [1.82, 2.24) is 0 Å². The highest BCUT2D eigenvalue weighted by molar-refractivity contribution is 9.10. The van der Waals surface area contributed by atoms with Gasteiger partial charge in [-0.15, -0.1) is 0 Å². The molecule has 0 aliphatic heterocycles. The van der Waals surface area contributed by atoms with Crippen molar-refractivity contribution in [3.63, 3.8) is 0 Å². The van der Waals surface area contributed by atoms with E-state index >= 15 is 0 Å². The zero-order valence-electron chi connectivity index (χ0n) is 6.35. The molecular weight excluding hydrogens is 272 g/mol. The first-order chi connectivity index (χ1) is 5.22. The summed E-state index contributed by atoms with van der Waals surface area (Å²) in [5, 5.41) is 0. The lowest BCUT2D eigenvalue weighted by molar-refractivity contribution is -0.118. The molecule has 0 saturated heterocycles. The first-order valence-electron chi connectivity index (χ1n) is 4.03. The van der Waals surface area contributed by atoms with Gasteiger partial charge in [0.2, 0.25) is 0 Å². The van der Waals surface area contributed by atoms with E-state index in [0.717, 1.165) is 12.8 Å². The summed E-state index contributed by atoms with van der Waals surface area (Å²) in [5.74, 6) is 0.324. The smallest absolute Gasteiger partial charge is 0.160 e. The fourth-order valence-electron chi connectivity index (χ4n) is 1.30. The number of alkyl halides is 2. The third kappa shape index (κ3) is 2.86. The van der Waals surface area contributed by atoms with Crippen molar-refractivity contribution in [2.75, 3.05) is 0 Å². The van der Waals surface area contributed by atoms with Gasteiger partial charge >= 0.3 is 0 Å². The van der Waals surface area contributed by atoms with Gasteiger partial charge in [0.05, 0.1) is 9.65 Å². The molecule has 0 bridgehead atoms. The van der Waals surface area contributed by atoms with Crippen molar-refractivity contribution in [2.45, 2.75) is 41.8 Å². The minimum atomic E-state index is 0.0900. The van der Waals surface area contributed by atoms with Gasteiger partial charge in [-0.25, -0.2) is 0 Å². The third-order valence-electron chi connectivity index (χ3n) is 2.03. The number of carbonyl (C=O) groups excluding carboxylic acids is 1. The zero-order chi connectivity index (χ0) is 8.27. The lowest BCUT2D eigenvalue weighted by atomic mass is 10.00. The van der Waals surface area contributed by atoms with Crippen molar-refractivity contribution in [3.8, 4) is 0 Å². The fourth-order valence-corrected chi connectivity index (χ4v) is 2.94. The van der Waals surface area contributed by atoms with E-state index in [4.69, 9.17) is 0 Å². The van der Waals surface area contributed by atoms with Crippen LogP contribution in [0.1, 0.15) is 32.1 Å². The molecule has 1 aliphatic rings. The molecule has 0 unspecified atom stereocenters. The second-order valence-corrected chi connectivity index (χ2v) is 5.19. The van der Waals surface area contributed by atoms with Crippen LogP contribution >= 0.6 is 31.9 Å². The maximum Gasteiger partial charge on any atom is 0.160 e. The van der Waals surface area contributed by atoms with E-state index in [0.29, 0.717) is 5.78 Å². The van der Waals surface area contributed by atoms with Crippen LogP contribution in [-0.4, -0.2) is 15.4 Å². The normalized spacial score (nSPS) is 34.5. The van der Waals surface area contributed by atoms with Crippen LogP contribution in [0.2, 0.25) is 0 Å². The third-order valence-corrected chi connectivity index (χ3v) is 3.85. The Bertz CT molecular complexity index is 133. The Morgan fingerprint density at radius 3 is 1.91 bits per heavy atom. The summed E-state index contributed by atoms with van der Waals surface area (Å²) >= 11 is 6.80. The average molecular weight is 284 g/mol. The van der Waals surface area contributed by atoms with Crippen LogP contribution < -0.4 is 0 Å². The van der Waals surface area contributed by atoms with Gasteiger partial charge in [0.15, 0.2) is 5.78 Å². The Labute approximate surface area is 84.2 Å². The molecule has 0 amide bonds. The summed E-state index contributed by atoms with van der Waals surface area (Å²) in [6.07, 6.45) is 5.63. The molecule has 2 atom stereocenters. The SMILES string of the molecule is O=C1[C@H](Br)CCCCC[C@@H]1Br. The van der Waals surface area contributed by atoms with Crippen LogP contribution in [0.15, 0.2) is 0 Å². The Kier molecular flexibility index (Phi) is 4.07. The molecule has 1 fully saturated rings. The molecule has 64 valence electrons. The predicted octanol–water partition coefficient (Wildman–Crippen LogP) is 3.05. The standard InChI is InChI=1S/C8H12Br2O/c9-6-4-2-1-3-5-7(10)8(6)11/h6-7H,1-5H2/t6-,7+. The van der Waals surface area contributed by atoms with Gasteiger partial charge in [-0.3, -0.25) is 4.79 Å².